The SMILES string of the molecule is CCCCNC(=O)N(C(=N)OCC)C(=O)NC1CCCCC1. The molecule has 0 bridgehead atoms. The van der Waals surface area contributed by atoms with Crippen molar-refractivity contribution >= 4 is 18.1 Å². The fourth-order valence-electron chi connectivity index (χ4n) is 2.42. The third-order valence-corrected chi connectivity index (χ3v) is 3.63. The Hall–Kier alpha value is -1.79. The second-order valence-corrected chi connectivity index (χ2v) is 5.44. The predicted octanol–water partition coefficient (Wildman–Crippen LogP) is 2.81. The molecule has 7 nitrogen and oxygen atoms in total. The maximum atomic E-state index is 12.3. The molecule has 1 aliphatic carbocycles. The number of rotatable bonds is 5. The van der Waals surface area contributed by atoms with Gasteiger partial charge in [-0.3, -0.25) is 5.41 Å². The zero-order chi connectivity index (χ0) is 16.4. The first-order chi connectivity index (χ1) is 10.6. The van der Waals surface area contributed by atoms with E-state index in [1.807, 2.05) is 6.92 Å². The van der Waals surface area contributed by atoms with E-state index in [1.165, 1.54) is 6.42 Å². The van der Waals surface area contributed by atoms with Crippen molar-refractivity contribution in [3.63, 3.8) is 0 Å². The van der Waals surface area contributed by atoms with E-state index in [4.69, 9.17) is 10.1 Å². The summed E-state index contributed by atoms with van der Waals surface area (Å²) in [6.07, 6.45) is 6.94. The number of urea groups is 2. The summed E-state index contributed by atoms with van der Waals surface area (Å²) in [4.78, 5) is 25.2. The van der Waals surface area contributed by atoms with E-state index in [0.29, 0.717) is 6.54 Å². The summed E-state index contributed by atoms with van der Waals surface area (Å²) in [7, 11) is 0. The molecule has 1 fully saturated rings. The molecule has 126 valence electrons. The highest BCUT2D eigenvalue weighted by Gasteiger charge is 2.29. The van der Waals surface area contributed by atoms with Crippen molar-refractivity contribution in [1.82, 2.24) is 15.5 Å². The summed E-state index contributed by atoms with van der Waals surface area (Å²) in [6.45, 7) is 4.43. The number of unbranched alkanes of at least 4 members (excludes halogenated alkanes) is 1. The first-order valence-corrected chi connectivity index (χ1v) is 8.19. The number of nitrogens with zero attached hydrogens (tertiary/aromatic N) is 1. The summed E-state index contributed by atoms with van der Waals surface area (Å²) in [5.41, 5.74) is 0. The molecule has 0 heterocycles. The lowest BCUT2D eigenvalue weighted by atomic mass is 9.96. The Balaban J connectivity index is 2.64. The van der Waals surface area contributed by atoms with Crippen LogP contribution in [0.4, 0.5) is 9.59 Å². The third-order valence-electron chi connectivity index (χ3n) is 3.63. The number of carbonyl (C=O) groups is 2. The van der Waals surface area contributed by atoms with Crippen LogP contribution in [0.25, 0.3) is 0 Å². The van der Waals surface area contributed by atoms with Crippen LogP contribution in [0.5, 0.6) is 0 Å². The normalized spacial score (nSPS) is 15.0. The number of amidine groups is 1. The van der Waals surface area contributed by atoms with Crippen LogP contribution in [0.3, 0.4) is 0 Å². The summed E-state index contributed by atoms with van der Waals surface area (Å²) in [6, 6.07) is -1.56. The highest BCUT2D eigenvalue weighted by atomic mass is 16.5. The Kier molecular flexibility index (Phi) is 8.32. The quantitative estimate of drug-likeness (QED) is 0.414. The number of hydrogen-bond acceptors (Lipinski definition) is 4. The van der Waals surface area contributed by atoms with Crippen LogP contribution in [0.1, 0.15) is 58.8 Å². The van der Waals surface area contributed by atoms with Gasteiger partial charge in [0, 0.05) is 12.6 Å². The lowest BCUT2D eigenvalue weighted by molar-refractivity contribution is 0.185. The van der Waals surface area contributed by atoms with E-state index in [1.54, 1.807) is 6.92 Å². The van der Waals surface area contributed by atoms with Crippen LogP contribution in [0.15, 0.2) is 0 Å². The highest BCUT2D eigenvalue weighted by Crippen LogP contribution is 2.17. The Labute approximate surface area is 132 Å². The maximum absolute atomic E-state index is 12.3. The summed E-state index contributed by atoms with van der Waals surface area (Å²) in [5.74, 6) is 0. The van der Waals surface area contributed by atoms with Gasteiger partial charge in [-0.25, -0.2) is 9.59 Å². The van der Waals surface area contributed by atoms with Crippen molar-refractivity contribution in [2.24, 2.45) is 0 Å². The van der Waals surface area contributed by atoms with E-state index in [9.17, 15) is 9.59 Å². The van der Waals surface area contributed by atoms with E-state index >= 15 is 0 Å². The number of nitrogens with one attached hydrogen (secondary N) is 3. The zero-order valence-corrected chi connectivity index (χ0v) is 13.6. The predicted molar refractivity (Wildman–Crippen MR) is 84.9 cm³/mol. The lowest BCUT2D eigenvalue weighted by Crippen LogP contribution is -2.54. The summed E-state index contributed by atoms with van der Waals surface area (Å²) in [5, 5.41) is 13.3. The first-order valence-electron chi connectivity index (χ1n) is 8.19. The van der Waals surface area contributed by atoms with Crippen LogP contribution in [-0.4, -0.2) is 42.2 Å². The van der Waals surface area contributed by atoms with E-state index in [-0.39, 0.29) is 12.6 Å². The molecule has 3 N–H and O–H groups in total. The molecule has 1 saturated carbocycles. The molecule has 0 saturated heterocycles. The first kappa shape index (κ1) is 18.3. The number of imide groups is 1. The van der Waals surface area contributed by atoms with Gasteiger partial charge in [-0.05, 0) is 26.2 Å². The maximum Gasteiger partial charge on any atom is 0.334 e. The highest BCUT2D eigenvalue weighted by molar-refractivity contribution is 6.08. The van der Waals surface area contributed by atoms with Crippen molar-refractivity contribution in [3.05, 3.63) is 0 Å². The van der Waals surface area contributed by atoms with Crippen molar-refractivity contribution in [2.75, 3.05) is 13.2 Å². The summed E-state index contributed by atoms with van der Waals surface area (Å²) < 4.78 is 5.03. The van der Waals surface area contributed by atoms with Gasteiger partial charge < -0.3 is 15.4 Å². The van der Waals surface area contributed by atoms with Gasteiger partial charge in [0.15, 0.2) is 0 Å². The van der Waals surface area contributed by atoms with Crippen LogP contribution in [-0.2, 0) is 4.74 Å². The van der Waals surface area contributed by atoms with Gasteiger partial charge in [-0.15, -0.1) is 0 Å². The standard InChI is InChI=1S/C15H28N4O3/c1-3-5-11-17-14(20)19(13(16)22-4-2)15(21)18-12-9-7-6-8-10-12/h12,16H,3-11H2,1-2H3,(H,17,20)(H,18,21). The lowest BCUT2D eigenvalue weighted by Gasteiger charge is -2.27. The largest absolute Gasteiger partial charge is 0.465 e. The summed E-state index contributed by atoms with van der Waals surface area (Å²) >= 11 is 0. The Morgan fingerprint density at radius 2 is 1.86 bits per heavy atom. The van der Waals surface area contributed by atoms with Gasteiger partial charge in [0.2, 0.25) is 0 Å². The van der Waals surface area contributed by atoms with E-state index < -0.39 is 18.1 Å². The molecule has 0 atom stereocenters. The van der Waals surface area contributed by atoms with Crippen molar-refractivity contribution < 1.29 is 14.3 Å². The van der Waals surface area contributed by atoms with Crippen LogP contribution < -0.4 is 10.6 Å². The molecule has 0 unspecified atom stereocenters. The van der Waals surface area contributed by atoms with Gasteiger partial charge in [-0.2, -0.15) is 4.90 Å². The molecule has 0 aromatic rings. The van der Waals surface area contributed by atoms with Crippen LogP contribution in [0.2, 0.25) is 0 Å². The van der Waals surface area contributed by atoms with Gasteiger partial charge in [0.05, 0.1) is 6.61 Å². The second kappa shape index (κ2) is 10.0. The minimum absolute atomic E-state index is 0.0709. The fraction of sp³-hybridized carbons (Fsp3) is 0.800. The third kappa shape index (κ3) is 5.91. The second-order valence-electron chi connectivity index (χ2n) is 5.44. The molecule has 7 heteroatoms. The molecule has 0 aromatic carbocycles. The van der Waals surface area contributed by atoms with Gasteiger partial charge in [-0.1, -0.05) is 32.6 Å². The average Bonchev–Trinajstić information content (AvgIpc) is 2.49. The fourth-order valence-corrected chi connectivity index (χ4v) is 2.42. The molecule has 22 heavy (non-hydrogen) atoms. The van der Waals surface area contributed by atoms with Gasteiger partial charge in [0.1, 0.15) is 0 Å². The molecule has 1 rings (SSSR count). The monoisotopic (exact) mass is 312 g/mol. The zero-order valence-electron chi connectivity index (χ0n) is 13.6. The number of amides is 4. The van der Waals surface area contributed by atoms with Crippen LogP contribution >= 0.6 is 0 Å². The smallest absolute Gasteiger partial charge is 0.334 e. The Morgan fingerprint density at radius 3 is 2.45 bits per heavy atom. The Bertz CT molecular complexity index is 381. The molecular weight excluding hydrogens is 284 g/mol. The van der Waals surface area contributed by atoms with Crippen molar-refractivity contribution in [1.29, 1.82) is 5.41 Å². The van der Waals surface area contributed by atoms with Crippen molar-refractivity contribution in [3.8, 4) is 0 Å². The average molecular weight is 312 g/mol. The van der Waals surface area contributed by atoms with Crippen LogP contribution in [0, 0.1) is 5.41 Å². The van der Waals surface area contributed by atoms with Crippen molar-refractivity contribution in [2.45, 2.75) is 64.8 Å². The van der Waals surface area contributed by atoms with E-state index in [0.717, 1.165) is 43.4 Å². The van der Waals surface area contributed by atoms with Gasteiger partial charge >= 0.3 is 18.1 Å². The number of ether oxygens (including phenoxy) is 1. The molecule has 1 aliphatic rings. The van der Waals surface area contributed by atoms with E-state index in [2.05, 4.69) is 10.6 Å². The molecule has 0 aliphatic heterocycles. The minimum Gasteiger partial charge on any atom is -0.465 e. The minimum atomic E-state index is -0.611. The molecular formula is C15H28N4O3. The number of hydrogen-bond donors (Lipinski definition) is 3. The van der Waals surface area contributed by atoms with Gasteiger partial charge in [0.25, 0.3) is 0 Å². The molecule has 0 radical (unpaired) electrons. The molecule has 0 aromatic heterocycles. The topological polar surface area (TPSA) is 94.5 Å². The number of carbonyl (C=O) groups excluding carboxylic acids is 2. The Morgan fingerprint density at radius 1 is 1.18 bits per heavy atom. The molecule has 0 spiro atoms. The molecule has 4 amide bonds.